The van der Waals surface area contributed by atoms with Gasteiger partial charge in [0.1, 0.15) is 6.61 Å². The van der Waals surface area contributed by atoms with Gasteiger partial charge in [-0.25, -0.2) is 0 Å². The number of Topliss-reactive ketones (excluding diaryl/α,β-unsaturated/α-hetero) is 1. The molecule has 0 spiro atoms. The summed E-state index contributed by atoms with van der Waals surface area (Å²) in [7, 11) is 0. The normalized spacial score (nSPS) is 18.3. The van der Waals surface area contributed by atoms with Crippen molar-refractivity contribution in [3.05, 3.63) is 0 Å². The molecule has 0 unspecified atom stereocenters. The van der Waals surface area contributed by atoms with Crippen LogP contribution >= 0.6 is 0 Å². The lowest BCUT2D eigenvalue weighted by molar-refractivity contribution is -0.128. The highest BCUT2D eigenvalue weighted by molar-refractivity contribution is 5.79. The third kappa shape index (κ3) is 5.93. The van der Waals surface area contributed by atoms with Gasteiger partial charge in [0.05, 0.1) is 5.60 Å². The van der Waals surface area contributed by atoms with E-state index in [2.05, 4.69) is 0 Å². The Balaban J connectivity index is 2.08. The number of carbonyl (C=O) groups is 1. The quantitative estimate of drug-likeness (QED) is 0.698. The molecular weight excluding hydrogens is 188 g/mol. The van der Waals surface area contributed by atoms with Crippen LogP contribution in [0.3, 0.4) is 0 Å². The van der Waals surface area contributed by atoms with E-state index in [0.29, 0.717) is 6.42 Å². The van der Waals surface area contributed by atoms with Crippen LogP contribution in [0.15, 0.2) is 0 Å². The van der Waals surface area contributed by atoms with Gasteiger partial charge in [-0.1, -0.05) is 25.7 Å². The SMILES string of the molecule is CC(C)(C)OCC(=O)CCC1CCCC1. The minimum atomic E-state index is -0.191. The molecule has 0 aromatic rings. The fraction of sp³-hybridized carbons (Fsp3) is 0.923. The Hall–Kier alpha value is -0.370. The Bertz CT molecular complexity index is 197. The van der Waals surface area contributed by atoms with E-state index in [9.17, 15) is 4.79 Å². The summed E-state index contributed by atoms with van der Waals surface area (Å²) in [5.74, 6) is 1.07. The maximum Gasteiger partial charge on any atom is 0.158 e. The summed E-state index contributed by atoms with van der Waals surface area (Å²) in [4.78, 5) is 11.5. The highest BCUT2D eigenvalue weighted by Gasteiger charge is 2.17. The molecule has 0 heterocycles. The summed E-state index contributed by atoms with van der Waals surface area (Å²) in [5, 5.41) is 0. The molecular formula is C13H24O2. The van der Waals surface area contributed by atoms with Crippen LogP contribution in [-0.4, -0.2) is 18.0 Å². The van der Waals surface area contributed by atoms with Gasteiger partial charge in [0.25, 0.3) is 0 Å². The monoisotopic (exact) mass is 212 g/mol. The topological polar surface area (TPSA) is 26.3 Å². The number of rotatable bonds is 5. The first-order valence-electron chi connectivity index (χ1n) is 6.13. The Kier molecular flexibility index (Phi) is 4.78. The third-order valence-corrected chi connectivity index (χ3v) is 2.97. The smallest absolute Gasteiger partial charge is 0.158 e. The lowest BCUT2D eigenvalue weighted by atomic mass is 10.0. The second-order valence-corrected chi connectivity index (χ2v) is 5.63. The van der Waals surface area contributed by atoms with Gasteiger partial charge in [-0.05, 0) is 33.1 Å². The summed E-state index contributed by atoms with van der Waals surface area (Å²) >= 11 is 0. The molecule has 0 aromatic carbocycles. The van der Waals surface area contributed by atoms with Crippen molar-refractivity contribution in [1.82, 2.24) is 0 Å². The first kappa shape index (κ1) is 12.7. The van der Waals surface area contributed by atoms with Gasteiger partial charge in [0, 0.05) is 6.42 Å². The molecule has 0 N–H and O–H groups in total. The van der Waals surface area contributed by atoms with Crippen molar-refractivity contribution in [3.63, 3.8) is 0 Å². The maximum absolute atomic E-state index is 11.5. The molecule has 0 bridgehead atoms. The standard InChI is InChI=1S/C13H24O2/c1-13(2,3)15-10-12(14)9-8-11-6-4-5-7-11/h11H,4-10H2,1-3H3. The van der Waals surface area contributed by atoms with Crippen LogP contribution in [0, 0.1) is 5.92 Å². The zero-order valence-corrected chi connectivity index (χ0v) is 10.3. The number of hydrogen-bond acceptors (Lipinski definition) is 2. The summed E-state index contributed by atoms with van der Waals surface area (Å²) in [6.07, 6.45) is 7.16. The fourth-order valence-corrected chi connectivity index (χ4v) is 2.03. The van der Waals surface area contributed by atoms with Gasteiger partial charge >= 0.3 is 0 Å². The van der Waals surface area contributed by atoms with Crippen molar-refractivity contribution in [3.8, 4) is 0 Å². The van der Waals surface area contributed by atoms with Gasteiger partial charge in [0.2, 0.25) is 0 Å². The number of hydrogen-bond donors (Lipinski definition) is 0. The Labute approximate surface area is 93.4 Å². The molecule has 1 fully saturated rings. The van der Waals surface area contributed by atoms with E-state index >= 15 is 0 Å². The summed E-state index contributed by atoms with van der Waals surface area (Å²) in [6, 6.07) is 0. The average Bonchev–Trinajstić information content (AvgIpc) is 2.62. The van der Waals surface area contributed by atoms with Crippen LogP contribution in [0.1, 0.15) is 59.3 Å². The largest absolute Gasteiger partial charge is 0.368 e. The molecule has 0 aliphatic heterocycles. The van der Waals surface area contributed by atoms with Crippen LogP contribution in [0.5, 0.6) is 0 Å². The number of carbonyl (C=O) groups excluding carboxylic acids is 1. The van der Waals surface area contributed by atoms with Gasteiger partial charge in [0.15, 0.2) is 5.78 Å². The van der Waals surface area contributed by atoms with E-state index in [1.165, 1.54) is 25.7 Å². The van der Waals surface area contributed by atoms with Crippen LogP contribution in [-0.2, 0) is 9.53 Å². The minimum Gasteiger partial charge on any atom is -0.368 e. The molecule has 1 rings (SSSR count). The number of ketones is 1. The lowest BCUT2D eigenvalue weighted by Gasteiger charge is -2.19. The average molecular weight is 212 g/mol. The first-order valence-corrected chi connectivity index (χ1v) is 6.13. The van der Waals surface area contributed by atoms with E-state index in [1.54, 1.807) is 0 Å². The molecule has 0 aromatic heterocycles. The molecule has 0 radical (unpaired) electrons. The molecule has 88 valence electrons. The van der Waals surface area contributed by atoms with Gasteiger partial charge < -0.3 is 4.74 Å². The fourth-order valence-electron chi connectivity index (χ4n) is 2.03. The Morgan fingerprint density at radius 2 is 1.87 bits per heavy atom. The highest BCUT2D eigenvalue weighted by Crippen LogP contribution is 2.28. The molecule has 2 heteroatoms. The molecule has 1 saturated carbocycles. The highest BCUT2D eigenvalue weighted by atomic mass is 16.5. The summed E-state index contributed by atoms with van der Waals surface area (Å²) in [5.41, 5.74) is -0.191. The lowest BCUT2D eigenvalue weighted by Crippen LogP contribution is -2.23. The van der Waals surface area contributed by atoms with Crippen molar-refractivity contribution in [2.75, 3.05) is 6.61 Å². The van der Waals surface area contributed by atoms with Crippen LogP contribution in [0.4, 0.5) is 0 Å². The van der Waals surface area contributed by atoms with Crippen molar-refractivity contribution in [2.24, 2.45) is 5.92 Å². The van der Waals surface area contributed by atoms with Crippen molar-refractivity contribution < 1.29 is 9.53 Å². The Morgan fingerprint density at radius 1 is 1.27 bits per heavy atom. The van der Waals surface area contributed by atoms with Crippen molar-refractivity contribution in [2.45, 2.75) is 64.9 Å². The first-order chi connectivity index (χ1) is 6.97. The second kappa shape index (κ2) is 5.64. The molecule has 2 nitrogen and oxygen atoms in total. The van der Waals surface area contributed by atoms with Crippen LogP contribution < -0.4 is 0 Å². The molecule has 1 aliphatic rings. The maximum atomic E-state index is 11.5. The predicted octanol–water partition coefficient (Wildman–Crippen LogP) is 3.34. The zero-order valence-electron chi connectivity index (χ0n) is 10.3. The van der Waals surface area contributed by atoms with Gasteiger partial charge in [-0.3, -0.25) is 4.79 Å². The van der Waals surface area contributed by atoms with E-state index in [1.807, 2.05) is 20.8 Å². The summed E-state index contributed by atoms with van der Waals surface area (Å²) in [6.45, 7) is 6.24. The molecule has 1 aliphatic carbocycles. The minimum absolute atomic E-state index is 0.191. The van der Waals surface area contributed by atoms with Crippen molar-refractivity contribution in [1.29, 1.82) is 0 Å². The van der Waals surface area contributed by atoms with Gasteiger partial charge in [-0.15, -0.1) is 0 Å². The van der Waals surface area contributed by atoms with E-state index < -0.39 is 0 Å². The van der Waals surface area contributed by atoms with Crippen LogP contribution in [0.2, 0.25) is 0 Å². The second-order valence-electron chi connectivity index (χ2n) is 5.63. The molecule has 15 heavy (non-hydrogen) atoms. The zero-order chi connectivity index (χ0) is 11.3. The van der Waals surface area contributed by atoms with Gasteiger partial charge in [-0.2, -0.15) is 0 Å². The van der Waals surface area contributed by atoms with E-state index in [0.717, 1.165) is 12.3 Å². The Morgan fingerprint density at radius 3 is 2.40 bits per heavy atom. The summed E-state index contributed by atoms with van der Waals surface area (Å²) < 4.78 is 5.46. The third-order valence-electron chi connectivity index (χ3n) is 2.97. The van der Waals surface area contributed by atoms with E-state index in [-0.39, 0.29) is 18.0 Å². The molecule has 0 atom stereocenters. The van der Waals surface area contributed by atoms with Crippen LogP contribution in [0.25, 0.3) is 0 Å². The van der Waals surface area contributed by atoms with E-state index in [4.69, 9.17) is 4.74 Å². The number of ether oxygens (including phenoxy) is 1. The molecule has 0 amide bonds. The van der Waals surface area contributed by atoms with Crippen molar-refractivity contribution >= 4 is 5.78 Å². The predicted molar refractivity (Wildman–Crippen MR) is 61.9 cm³/mol. The molecule has 0 saturated heterocycles.